The number of rotatable bonds is 9. The zero-order valence-corrected chi connectivity index (χ0v) is 21.5. The maximum Gasteiger partial charge on any atom is 0.412 e. The van der Waals surface area contributed by atoms with E-state index in [1.165, 1.54) is 11.3 Å². The van der Waals surface area contributed by atoms with Crippen molar-refractivity contribution in [1.29, 1.82) is 0 Å². The number of anilines is 2. The van der Waals surface area contributed by atoms with Crippen molar-refractivity contribution in [2.24, 2.45) is 0 Å². The summed E-state index contributed by atoms with van der Waals surface area (Å²) in [6, 6.07) is 7.00. The third-order valence-corrected chi connectivity index (χ3v) is 5.31. The molecule has 34 heavy (non-hydrogen) atoms. The number of thiophene rings is 1. The molecule has 2 rings (SSSR count). The van der Waals surface area contributed by atoms with Crippen LogP contribution in [0, 0.1) is 0 Å². The molecule has 0 spiro atoms. The van der Waals surface area contributed by atoms with E-state index in [4.69, 9.17) is 4.74 Å². The van der Waals surface area contributed by atoms with E-state index in [9.17, 15) is 14.4 Å². The summed E-state index contributed by atoms with van der Waals surface area (Å²) in [5, 5.41) is 11.8. The molecule has 0 saturated carbocycles. The molecule has 1 heterocycles. The standard InChI is InChI=1S/C24H35N5O4S/c1-7-25-22(31)29(13-12-28(5)6)14-17-8-10-18(11-9-17)21(30)26-19-15-34-16-20(19)27-23(32)33-24(2,3)4/h8-11,15-16H,7,12-14H2,1-6H3,(H,25,31)(H,26,30)(H,27,32). The summed E-state index contributed by atoms with van der Waals surface area (Å²) < 4.78 is 5.27. The van der Waals surface area contributed by atoms with Crippen LogP contribution >= 0.6 is 11.3 Å². The van der Waals surface area contributed by atoms with Crippen LogP contribution in [-0.4, -0.2) is 67.2 Å². The second-order valence-corrected chi connectivity index (χ2v) is 9.78. The second kappa shape index (κ2) is 12.4. The summed E-state index contributed by atoms with van der Waals surface area (Å²) in [6.45, 7) is 9.57. The number of nitrogens with zero attached hydrogens (tertiary/aromatic N) is 2. The smallest absolute Gasteiger partial charge is 0.412 e. The van der Waals surface area contributed by atoms with Crippen LogP contribution < -0.4 is 16.0 Å². The number of carbonyl (C=O) groups excluding carboxylic acids is 3. The largest absolute Gasteiger partial charge is 0.444 e. The lowest BCUT2D eigenvalue weighted by atomic mass is 10.1. The van der Waals surface area contributed by atoms with Gasteiger partial charge in [0, 0.05) is 42.5 Å². The molecule has 4 amide bonds. The number of benzene rings is 1. The minimum absolute atomic E-state index is 0.117. The number of likely N-dealkylation sites (N-methyl/N-ethyl adjacent to an activating group) is 1. The Balaban J connectivity index is 2.02. The van der Waals surface area contributed by atoms with E-state index in [-0.39, 0.29) is 11.9 Å². The molecule has 0 fully saturated rings. The SMILES string of the molecule is CCNC(=O)N(CCN(C)C)Cc1ccc(C(=O)Nc2cscc2NC(=O)OC(C)(C)C)cc1. The Labute approximate surface area is 205 Å². The van der Waals surface area contributed by atoms with Crippen molar-refractivity contribution >= 4 is 40.7 Å². The Morgan fingerprint density at radius 2 is 1.59 bits per heavy atom. The molecule has 9 nitrogen and oxygen atoms in total. The predicted octanol–water partition coefficient (Wildman–Crippen LogP) is 4.44. The van der Waals surface area contributed by atoms with Crippen LogP contribution in [0.4, 0.5) is 21.0 Å². The van der Waals surface area contributed by atoms with Gasteiger partial charge in [0.05, 0.1) is 11.4 Å². The Morgan fingerprint density at radius 3 is 2.15 bits per heavy atom. The molecule has 186 valence electrons. The van der Waals surface area contributed by atoms with E-state index in [2.05, 4.69) is 16.0 Å². The van der Waals surface area contributed by atoms with Crippen LogP contribution in [0.5, 0.6) is 0 Å². The molecule has 1 aromatic carbocycles. The van der Waals surface area contributed by atoms with Gasteiger partial charge in [-0.2, -0.15) is 0 Å². The number of amides is 4. The van der Waals surface area contributed by atoms with Crippen molar-refractivity contribution in [3.05, 3.63) is 46.2 Å². The first-order valence-corrected chi connectivity index (χ1v) is 12.1. The third-order valence-electron chi connectivity index (χ3n) is 4.57. The number of carbonyl (C=O) groups is 3. The zero-order valence-electron chi connectivity index (χ0n) is 20.7. The molecule has 0 aliphatic rings. The first-order valence-electron chi connectivity index (χ1n) is 11.1. The van der Waals surface area contributed by atoms with Crippen LogP contribution in [0.2, 0.25) is 0 Å². The van der Waals surface area contributed by atoms with E-state index in [1.54, 1.807) is 48.6 Å². The van der Waals surface area contributed by atoms with Gasteiger partial charge in [-0.3, -0.25) is 10.1 Å². The lowest BCUT2D eigenvalue weighted by Crippen LogP contribution is -2.42. The van der Waals surface area contributed by atoms with Gasteiger partial charge in [-0.1, -0.05) is 12.1 Å². The molecule has 3 N–H and O–H groups in total. The van der Waals surface area contributed by atoms with Gasteiger partial charge in [0.1, 0.15) is 5.60 Å². The maximum absolute atomic E-state index is 12.8. The first kappa shape index (κ1) is 27.1. The van der Waals surface area contributed by atoms with Gasteiger partial charge >= 0.3 is 12.1 Å². The van der Waals surface area contributed by atoms with Crippen molar-refractivity contribution in [3.8, 4) is 0 Å². The third kappa shape index (κ3) is 9.03. The minimum atomic E-state index is -0.621. The molecule has 0 atom stereocenters. The van der Waals surface area contributed by atoms with E-state index in [0.29, 0.717) is 36.6 Å². The Morgan fingerprint density at radius 1 is 0.971 bits per heavy atom. The van der Waals surface area contributed by atoms with E-state index in [1.807, 2.05) is 38.1 Å². The zero-order chi connectivity index (χ0) is 25.3. The van der Waals surface area contributed by atoms with Crippen molar-refractivity contribution in [3.63, 3.8) is 0 Å². The van der Waals surface area contributed by atoms with Crippen LogP contribution in [0.1, 0.15) is 43.6 Å². The molecule has 0 radical (unpaired) electrons. The molecule has 2 aromatic rings. The molecular weight excluding hydrogens is 454 g/mol. The number of hydrogen-bond donors (Lipinski definition) is 3. The molecule has 10 heteroatoms. The lowest BCUT2D eigenvalue weighted by Gasteiger charge is -2.24. The van der Waals surface area contributed by atoms with Gasteiger partial charge in [-0.15, -0.1) is 11.3 Å². The Kier molecular flexibility index (Phi) is 9.88. The van der Waals surface area contributed by atoms with Gasteiger partial charge in [-0.05, 0) is 59.5 Å². The van der Waals surface area contributed by atoms with Gasteiger partial charge < -0.3 is 25.2 Å². The van der Waals surface area contributed by atoms with E-state index < -0.39 is 11.7 Å². The van der Waals surface area contributed by atoms with Gasteiger partial charge in [0.15, 0.2) is 0 Å². The topological polar surface area (TPSA) is 103 Å². The highest BCUT2D eigenvalue weighted by Gasteiger charge is 2.19. The van der Waals surface area contributed by atoms with Gasteiger partial charge in [-0.25, -0.2) is 9.59 Å². The normalized spacial score (nSPS) is 11.1. The summed E-state index contributed by atoms with van der Waals surface area (Å²) in [6.07, 6.45) is -0.586. The minimum Gasteiger partial charge on any atom is -0.444 e. The summed E-state index contributed by atoms with van der Waals surface area (Å²) in [5.41, 5.74) is 1.74. The summed E-state index contributed by atoms with van der Waals surface area (Å²) in [7, 11) is 3.93. The Hall–Kier alpha value is -3.11. The lowest BCUT2D eigenvalue weighted by molar-refractivity contribution is 0.0635. The fourth-order valence-electron chi connectivity index (χ4n) is 2.92. The number of urea groups is 1. The highest BCUT2D eigenvalue weighted by molar-refractivity contribution is 7.09. The fourth-order valence-corrected chi connectivity index (χ4v) is 3.63. The highest BCUT2D eigenvalue weighted by Crippen LogP contribution is 2.27. The van der Waals surface area contributed by atoms with Crippen molar-refractivity contribution in [2.75, 3.05) is 44.4 Å². The van der Waals surface area contributed by atoms with Crippen molar-refractivity contribution in [1.82, 2.24) is 15.1 Å². The number of hydrogen-bond acceptors (Lipinski definition) is 6. The summed E-state index contributed by atoms with van der Waals surface area (Å²) >= 11 is 1.35. The molecule has 0 saturated heterocycles. The molecule has 0 aliphatic heterocycles. The fraction of sp³-hybridized carbons (Fsp3) is 0.458. The molecule has 0 aliphatic carbocycles. The van der Waals surface area contributed by atoms with Crippen LogP contribution in [-0.2, 0) is 11.3 Å². The van der Waals surface area contributed by atoms with Crippen molar-refractivity contribution in [2.45, 2.75) is 39.8 Å². The van der Waals surface area contributed by atoms with E-state index >= 15 is 0 Å². The average molecular weight is 490 g/mol. The Bertz CT molecular complexity index is 966. The quantitative estimate of drug-likeness (QED) is 0.483. The second-order valence-electron chi connectivity index (χ2n) is 9.04. The predicted molar refractivity (Wildman–Crippen MR) is 137 cm³/mol. The molecule has 1 aromatic heterocycles. The van der Waals surface area contributed by atoms with Crippen LogP contribution in [0.15, 0.2) is 35.0 Å². The maximum atomic E-state index is 12.8. The summed E-state index contributed by atoms with van der Waals surface area (Å²) in [5.74, 6) is -0.301. The van der Waals surface area contributed by atoms with Gasteiger partial charge in [0.2, 0.25) is 0 Å². The highest BCUT2D eigenvalue weighted by atomic mass is 32.1. The van der Waals surface area contributed by atoms with Crippen LogP contribution in [0.25, 0.3) is 0 Å². The van der Waals surface area contributed by atoms with E-state index in [0.717, 1.165) is 12.1 Å². The molecular formula is C24H35N5O4S. The molecule has 0 bridgehead atoms. The first-order chi connectivity index (χ1) is 16.0. The summed E-state index contributed by atoms with van der Waals surface area (Å²) in [4.78, 5) is 41.0. The van der Waals surface area contributed by atoms with Crippen molar-refractivity contribution < 1.29 is 19.1 Å². The van der Waals surface area contributed by atoms with Gasteiger partial charge in [0.25, 0.3) is 5.91 Å². The average Bonchev–Trinajstić information content (AvgIpc) is 3.16. The number of ether oxygens (including phenoxy) is 1. The van der Waals surface area contributed by atoms with Crippen LogP contribution in [0.3, 0.4) is 0 Å². The monoisotopic (exact) mass is 489 g/mol. The number of nitrogens with one attached hydrogen (secondary N) is 3. The molecule has 0 unspecified atom stereocenters.